The molecule has 6 nitrogen and oxygen atoms in total. The third-order valence-electron chi connectivity index (χ3n) is 2.93. The first-order chi connectivity index (χ1) is 7.64. The van der Waals surface area contributed by atoms with Gasteiger partial charge in [0.2, 0.25) is 10.0 Å². The van der Waals surface area contributed by atoms with E-state index in [4.69, 9.17) is 5.73 Å². The first kappa shape index (κ1) is 11.6. The summed E-state index contributed by atoms with van der Waals surface area (Å²) in [5.41, 5.74) is 5.59. The summed E-state index contributed by atoms with van der Waals surface area (Å²) in [5.74, 6) is 0.274. The zero-order valence-corrected chi connectivity index (χ0v) is 9.78. The fraction of sp³-hybridized carbons (Fsp3) is 0.667. The van der Waals surface area contributed by atoms with Crippen molar-refractivity contribution in [2.75, 3.05) is 19.6 Å². The van der Waals surface area contributed by atoms with Crippen LogP contribution >= 0.6 is 0 Å². The molecule has 3 N–H and O–H groups in total. The van der Waals surface area contributed by atoms with Crippen molar-refractivity contribution in [3.8, 4) is 0 Å². The monoisotopic (exact) mass is 244 g/mol. The van der Waals surface area contributed by atoms with Crippen molar-refractivity contribution in [2.45, 2.75) is 17.7 Å². The number of rotatable bonds is 3. The van der Waals surface area contributed by atoms with E-state index >= 15 is 0 Å². The summed E-state index contributed by atoms with van der Waals surface area (Å²) in [6.07, 6.45) is 4.62. The molecule has 0 amide bonds. The third kappa shape index (κ3) is 2.11. The lowest BCUT2D eigenvalue weighted by Gasteiger charge is -2.30. The van der Waals surface area contributed by atoms with Crippen LogP contribution in [0.15, 0.2) is 17.3 Å². The van der Waals surface area contributed by atoms with Crippen LogP contribution in [0.25, 0.3) is 0 Å². The van der Waals surface area contributed by atoms with E-state index in [0.29, 0.717) is 19.6 Å². The Morgan fingerprint density at radius 1 is 1.62 bits per heavy atom. The van der Waals surface area contributed by atoms with Crippen LogP contribution in [0.3, 0.4) is 0 Å². The molecule has 1 aliphatic rings. The fourth-order valence-corrected chi connectivity index (χ4v) is 3.43. The van der Waals surface area contributed by atoms with Gasteiger partial charge in [-0.2, -0.15) is 9.40 Å². The molecule has 0 bridgehead atoms. The highest BCUT2D eigenvalue weighted by Gasteiger charge is 2.30. The highest BCUT2D eigenvalue weighted by atomic mass is 32.2. The second-order valence-corrected chi connectivity index (χ2v) is 5.98. The minimum atomic E-state index is -3.38. The number of sulfonamides is 1. The number of nitrogens with zero attached hydrogens (tertiary/aromatic N) is 2. The smallest absolute Gasteiger partial charge is 0.246 e. The number of hydrogen-bond donors (Lipinski definition) is 2. The summed E-state index contributed by atoms with van der Waals surface area (Å²) in [4.78, 5) is 0.227. The standard InChI is InChI=1S/C9H16N4O2S/c10-4-8-2-1-3-13(7-8)16(14,15)9-5-11-12-6-9/h5-6,8H,1-4,7,10H2,(H,11,12)/t8-/m0/s1. The summed E-state index contributed by atoms with van der Waals surface area (Å²) < 4.78 is 25.8. The highest BCUT2D eigenvalue weighted by molar-refractivity contribution is 7.89. The summed E-state index contributed by atoms with van der Waals surface area (Å²) in [6.45, 7) is 1.63. The van der Waals surface area contributed by atoms with Crippen LogP contribution in [-0.4, -0.2) is 42.6 Å². The van der Waals surface area contributed by atoms with Crippen molar-refractivity contribution >= 4 is 10.0 Å². The second-order valence-electron chi connectivity index (χ2n) is 4.04. The number of aromatic nitrogens is 2. The molecule has 0 aliphatic carbocycles. The van der Waals surface area contributed by atoms with Gasteiger partial charge >= 0.3 is 0 Å². The maximum atomic E-state index is 12.1. The Morgan fingerprint density at radius 3 is 3.06 bits per heavy atom. The molecule has 1 saturated heterocycles. The Balaban J connectivity index is 2.18. The van der Waals surface area contributed by atoms with E-state index in [0.717, 1.165) is 12.8 Å². The second kappa shape index (κ2) is 4.52. The minimum absolute atomic E-state index is 0.227. The van der Waals surface area contributed by atoms with Crippen LogP contribution in [0.2, 0.25) is 0 Å². The van der Waals surface area contributed by atoms with Gasteiger partial charge in [0.25, 0.3) is 0 Å². The largest absolute Gasteiger partial charge is 0.330 e. The van der Waals surface area contributed by atoms with Crippen LogP contribution < -0.4 is 5.73 Å². The third-order valence-corrected chi connectivity index (χ3v) is 4.76. The summed E-state index contributed by atoms with van der Waals surface area (Å²) in [5, 5.41) is 6.19. The van der Waals surface area contributed by atoms with Gasteiger partial charge in [-0.25, -0.2) is 8.42 Å². The lowest BCUT2D eigenvalue weighted by molar-refractivity contribution is 0.271. The predicted octanol–water partition coefficient (Wildman–Crippen LogP) is -0.231. The van der Waals surface area contributed by atoms with Crippen LogP contribution in [0.4, 0.5) is 0 Å². The SMILES string of the molecule is NC[C@@H]1CCCN(S(=O)(=O)c2cn[nH]c2)C1. The molecule has 7 heteroatoms. The lowest BCUT2D eigenvalue weighted by atomic mass is 10.0. The molecule has 0 saturated carbocycles. The summed E-state index contributed by atoms with van der Waals surface area (Å²) in [6, 6.07) is 0. The van der Waals surface area contributed by atoms with Gasteiger partial charge in [-0.1, -0.05) is 0 Å². The number of piperidine rings is 1. The van der Waals surface area contributed by atoms with Gasteiger partial charge in [-0.3, -0.25) is 5.10 Å². The van der Waals surface area contributed by atoms with Crippen LogP contribution in [0, 0.1) is 5.92 Å². The van der Waals surface area contributed by atoms with Gasteiger partial charge in [0.15, 0.2) is 0 Å². The number of hydrogen-bond acceptors (Lipinski definition) is 4. The summed E-state index contributed by atoms with van der Waals surface area (Å²) in [7, 11) is -3.38. The molecule has 90 valence electrons. The molecule has 1 fully saturated rings. The molecule has 1 atom stereocenters. The lowest BCUT2D eigenvalue weighted by Crippen LogP contribution is -2.41. The van der Waals surface area contributed by atoms with Gasteiger partial charge in [0, 0.05) is 19.3 Å². The predicted molar refractivity (Wildman–Crippen MR) is 59.1 cm³/mol. The van der Waals surface area contributed by atoms with Gasteiger partial charge in [-0.15, -0.1) is 0 Å². The molecule has 2 rings (SSSR count). The van der Waals surface area contributed by atoms with Crippen LogP contribution in [-0.2, 0) is 10.0 Å². The molecular weight excluding hydrogens is 228 g/mol. The average molecular weight is 244 g/mol. The van der Waals surface area contributed by atoms with Crippen LogP contribution in [0.5, 0.6) is 0 Å². The Morgan fingerprint density at radius 2 is 2.44 bits per heavy atom. The maximum absolute atomic E-state index is 12.1. The van der Waals surface area contributed by atoms with E-state index in [9.17, 15) is 8.42 Å². The molecule has 0 aromatic carbocycles. The topological polar surface area (TPSA) is 92.1 Å². The first-order valence-electron chi connectivity index (χ1n) is 5.33. The van der Waals surface area contributed by atoms with Crippen molar-refractivity contribution in [2.24, 2.45) is 11.7 Å². The summed E-state index contributed by atoms with van der Waals surface area (Å²) >= 11 is 0. The van der Waals surface area contributed by atoms with Crippen LogP contribution in [0.1, 0.15) is 12.8 Å². The Bertz CT molecular complexity index is 428. The van der Waals surface area contributed by atoms with Gasteiger partial charge in [0.05, 0.1) is 6.20 Å². The van der Waals surface area contributed by atoms with Crippen molar-refractivity contribution in [1.82, 2.24) is 14.5 Å². The zero-order chi connectivity index (χ0) is 11.6. The van der Waals surface area contributed by atoms with E-state index in [1.54, 1.807) is 0 Å². The van der Waals surface area contributed by atoms with Gasteiger partial charge in [-0.05, 0) is 25.3 Å². The Hall–Kier alpha value is -0.920. The molecule has 2 heterocycles. The zero-order valence-electron chi connectivity index (χ0n) is 8.96. The molecular formula is C9H16N4O2S. The van der Waals surface area contributed by atoms with E-state index < -0.39 is 10.0 Å². The first-order valence-corrected chi connectivity index (χ1v) is 6.77. The molecule has 1 aliphatic heterocycles. The number of nitrogens with two attached hydrogens (primary N) is 1. The number of aromatic amines is 1. The molecule has 1 aromatic heterocycles. The van der Waals surface area contributed by atoms with Gasteiger partial charge < -0.3 is 5.73 Å². The van der Waals surface area contributed by atoms with E-state index in [1.807, 2.05) is 0 Å². The maximum Gasteiger partial charge on any atom is 0.246 e. The Labute approximate surface area is 94.9 Å². The average Bonchev–Trinajstić information content (AvgIpc) is 2.83. The van der Waals surface area contributed by atoms with E-state index in [1.165, 1.54) is 16.7 Å². The van der Waals surface area contributed by atoms with E-state index in [-0.39, 0.29) is 10.8 Å². The molecule has 0 spiro atoms. The van der Waals surface area contributed by atoms with Crippen molar-refractivity contribution in [1.29, 1.82) is 0 Å². The van der Waals surface area contributed by atoms with Crippen molar-refractivity contribution in [3.63, 3.8) is 0 Å². The molecule has 0 unspecified atom stereocenters. The molecule has 16 heavy (non-hydrogen) atoms. The number of nitrogens with one attached hydrogen (secondary N) is 1. The quantitative estimate of drug-likeness (QED) is 0.768. The minimum Gasteiger partial charge on any atom is -0.330 e. The van der Waals surface area contributed by atoms with Gasteiger partial charge in [0.1, 0.15) is 4.90 Å². The molecule has 1 aromatic rings. The molecule has 0 radical (unpaired) electrons. The number of H-pyrrole nitrogens is 1. The fourth-order valence-electron chi connectivity index (χ4n) is 1.97. The van der Waals surface area contributed by atoms with Crippen molar-refractivity contribution in [3.05, 3.63) is 12.4 Å². The highest BCUT2D eigenvalue weighted by Crippen LogP contribution is 2.22. The normalized spacial score (nSPS) is 23.4. The van der Waals surface area contributed by atoms with Crippen molar-refractivity contribution < 1.29 is 8.42 Å². The van der Waals surface area contributed by atoms with E-state index in [2.05, 4.69) is 10.2 Å². The Kier molecular flexibility index (Phi) is 3.27.